The number of ether oxygens (including phenoxy) is 4. The van der Waals surface area contributed by atoms with E-state index in [1.54, 1.807) is 23.5 Å². The quantitative estimate of drug-likeness (QED) is 0.137. The Morgan fingerprint density at radius 2 is 1.67 bits per heavy atom. The van der Waals surface area contributed by atoms with E-state index in [0.717, 1.165) is 0 Å². The Morgan fingerprint density at radius 3 is 2.24 bits per heavy atom. The van der Waals surface area contributed by atoms with Crippen molar-refractivity contribution < 1.29 is 59.3 Å². The number of amides is 2. The molecule has 0 aliphatic heterocycles. The molecule has 0 saturated carbocycles. The van der Waals surface area contributed by atoms with Gasteiger partial charge in [0.05, 0.1) is 6.61 Å². The summed E-state index contributed by atoms with van der Waals surface area (Å²) in [6, 6.07) is 8.19. The summed E-state index contributed by atoms with van der Waals surface area (Å²) in [5, 5.41) is 8.84. The fourth-order valence-electron chi connectivity index (χ4n) is 4.14. The van der Waals surface area contributed by atoms with Gasteiger partial charge in [0.1, 0.15) is 17.3 Å². The zero-order chi connectivity index (χ0) is 36.6. The molecule has 3 rings (SSSR count). The Hall–Kier alpha value is -4.93. The molecule has 2 aromatic heterocycles. The molecule has 3 aromatic rings. The van der Waals surface area contributed by atoms with Gasteiger partial charge in [-0.25, -0.2) is 19.9 Å². The van der Waals surface area contributed by atoms with Crippen LogP contribution < -0.4 is 14.8 Å². The van der Waals surface area contributed by atoms with Gasteiger partial charge in [-0.15, -0.1) is 23.4 Å². The highest BCUT2D eigenvalue weighted by Crippen LogP contribution is 2.47. The van der Waals surface area contributed by atoms with Crippen molar-refractivity contribution in [2.24, 2.45) is 0 Å². The van der Waals surface area contributed by atoms with Crippen molar-refractivity contribution in [1.82, 2.24) is 20.5 Å². The number of allylic oxidation sites excluding steroid dienone is 1. The maximum Gasteiger partial charge on any atom is 0.426 e. The molecule has 1 unspecified atom stereocenters. The van der Waals surface area contributed by atoms with Crippen LogP contribution in [0.5, 0.6) is 11.6 Å². The van der Waals surface area contributed by atoms with Crippen LogP contribution in [-0.4, -0.2) is 45.2 Å². The first-order valence-electron chi connectivity index (χ1n) is 14.6. The molecule has 2 atom stereocenters. The molecular weight excluding hydrogens is 666 g/mol. The number of pyridine rings is 1. The van der Waals surface area contributed by atoms with Crippen LogP contribution in [0.2, 0.25) is 0 Å². The van der Waals surface area contributed by atoms with Gasteiger partial charge in [0.25, 0.3) is 11.8 Å². The lowest BCUT2D eigenvalue weighted by Gasteiger charge is -2.32. The molecule has 49 heavy (non-hydrogen) atoms. The number of carbonyl (C=O) groups excluding carboxylic acids is 2. The molecule has 266 valence electrons. The van der Waals surface area contributed by atoms with Crippen molar-refractivity contribution in [2.45, 2.75) is 83.2 Å². The van der Waals surface area contributed by atoms with Crippen LogP contribution in [0.4, 0.5) is 35.9 Å². The molecule has 0 spiro atoms. The van der Waals surface area contributed by atoms with Crippen LogP contribution in [0.3, 0.4) is 0 Å². The lowest BCUT2D eigenvalue weighted by molar-refractivity contribution is -0.299. The Kier molecular flexibility index (Phi) is 12.2. The predicted octanol–water partition coefficient (Wildman–Crippen LogP) is 8.46. The summed E-state index contributed by atoms with van der Waals surface area (Å²) < 4.78 is 113. The number of hydrogen-bond acceptors (Lipinski definition) is 10. The highest BCUT2D eigenvalue weighted by Gasteiger charge is 2.61. The molecule has 1 N–H and O–H groups in total. The molecule has 2 heterocycles. The van der Waals surface area contributed by atoms with E-state index in [1.807, 2.05) is 0 Å². The van der Waals surface area contributed by atoms with Crippen molar-refractivity contribution >= 4 is 12.2 Å². The maximum absolute atomic E-state index is 14.9. The average Bonchev–Trinajstić information content (AvgIpc) is 3.46. The predicted molar refractivity (Wildman–Crippen MR) is 161 cm³/mol. The van der Waals surface area contributed by atoms with E-state index in [4.69, 9.17) is 23.4 Å². The van der Waals surface area contributed by atoms with Crippen LogP contribution in [0.1, 0.15) is 64.0 Å². The van der Waals surface area contributed by atoms with Gasteiger partial charge in [0, 0.05) is 12.5 Å². The van der Waals surface area contributed by atoms with Gasteiger partial charge in [-0.2, -0.15) is 26.3 Å². The van der Waals surface area contributed by atoms with E-state index in [0.29, 0.717) is 5.56 Å². The van der Waals surface area contributed by atoms with E-state index in [-0.39, 0.29) is 18.9 Å². The van der Waals surface area contributed by atoms with Crippen molar-refractivity contribution in [3.05, 3.63) is 78.7 Å². The highest BCUT2D eigenvalue weighted by atomic mass is 19.4. The second-order valence-corrected chi connectivity index (χ2v) is 11.5. The van der Waals surface area contributed by atoms with Crippen molar-refractivity contribution in [2.75, 3.05) is 0 Å². The standard InChI is InChI=1S/C32H34F6N4O7/c1-7-9-16-30(32(36,37)38,45-18-20-14-11-10-12-15-20)26-42-41-25(48-26)23-22(47-27(43)40-28(44)49-29(4,5)6)17-21(31(33,34)35)24(39-23)46-19(3)13-8-2/h7-8,10-12,14-15,17,19H,1-2,9,13,16,18H2,3-6H3,(H,40,43,44)/t19-,30?/m1/s1. The van der Waals surface area contributed by atoms with E-state index < -0.39 is 89.5 Å². The Balaban J connectivity index is 2.20. The number of alkyl halides is 6. The van der Waals surface area contributed by atoms with Crippen LogP contribution in [-0.2, 0) is 27.9 Å². The molecule has 0 radical (unpaired) electrons. The minimum absolute atomic E-state index is 0.0751. The number of hydrogen-bond donors (Lipinski definition) is 1. The van der Waals surface area contributed by atoms with Crippen molar-refractivity contribution in [3.63, 3.8) is 0 Å². The lowest BCUT2D eigenvalue weighted by Crippen LogP contribution is -2.45. The molecule has 17 heteroatoms. The first-order valence-corrected chi connectivity index (χ1v) is 14.6. The summed E-state index contributed by atoms with van der Waals surface area (Å²) in [7, 11) is 0. The van der Waals surface area contributed by atoms with Gasteiger partial charge in [-0.05, 0) is 46.1 Å². The largest absolute Gasteiger partial charge is 0.474 e. The first-order chi connectivity index (χ1) is 22.8. The fourth-order valence-corrected chi connectivity index (χ4v) is 4.14. The summed E-state index contributed by atoms with van der Waals surface area (Å²) in [6.45, 7) is 12.3. The molecule has 11 nitrogen and oxygen atoms in total. The first kappa shape index (κ1) is 38.5. The van der Waals surface area contributed by atoms with Crippen LogP contribution in [0.15, 0.2) is 66.1 Å². The summed E-state index contributed by atoms with van der Waals surface area (Å²) in [6.07, 6.45) is -12.5. The van der Waals surface area contributed by atoms with E-state index in [1.165, 1.54) is 52.0 Å². The number of rotatable bonds is 13. The highest BCUT2D eigenvalue weighted by molar-refractivity contribution is 5.89. The molecule has 0 fully saturated rings. The lowest BCUT2D eigenvalue weighted by atomic mass is 9.96. The van der Waals surface area contributed by atoms with Gasteiger partial charge in [0.2, 0.25) is 11.5 Å². The average molecular weight is 701 g/mol. The SMILES string of the molecule is C=CCCC(OCc1ccccc1)(c1nnc(-c2nc(O[C@H](C)CC=C)c(C(F)(F)F)cc2OC(=O)NC(=O)OC(C)(C)C)o1)C(F)(F)F. The van der Waals surface area contributed by atoms with Crippen LogP contribution in [0.25, 0.3) is 11.6 Å². The summed E-state index contributed by atoms with van der Waals surface area (Å²) in [5.41, 5.74) is -6.27. The van der Waals surface area contributed by atoms with Gasteiger partial charge >= 0.3 is 24.5 Å². The van der Waals surface area contributed by atoms with Gasteiger partial charge in [-0.3, -0.25) is 0 Å². The minimum Gasteiger partial charge on any atom is -0.474 e. The van der Waals surface area contributed by atoms with Gasteiger partial charge in [0.15, 0.2) is 11.4 Å². The Morgan fingerprint density at radius 1 is 1.00 bits per heavy atom. The molecular formula is C32H34F6N4O7. The van der Waals surface area contributed by atoms with Crippen molar-refractivity contribution in [3.8, 4) is 23.2 Å². The number of aromatic nitrogens is 3. The number of carbonyl (C=O) groups is 2. The maximum atomic E-state index is 14.9. The number of nitrogens with one attached hydrogen (secondary N) is 1. The third-order valence-electron chi connectivity index (χ3n) is 6.33. The minimum atomic E-state index is -5.16. The second kappa shape index (κ2) is 15.5. The molecule has 2 amide bonds. The number of halogens is 6. The number of benzene rings is 1. The zero-order valence-electron chi connectivity index (χ0n) is 26.9. The summed E-state index contributed by atoms with van der Waals surface area (Å²) in [4.78, 5) is 28.5. The number of imide groups is 1. The van der Waals surface area contributed by atoms with Gasteiger partial charge in [-0.1, -0.05) is 42.5 Å². The number of nitrogens with zero attached hydrogens (tertiary/aromatic N) is 3. The monoisotopic (exact) mass is 700 g/mol. The van der Waals surface area contributed by atoms with E-state index >= 15 is 0 Å². The second-order valence-electron chi connectivity index (χ2n) is 11.5. The zero-order valence-corrected chi connectivity index (χ0v) is 26.9. The third kappa shape index (κ3) is 10.3. The van der Waals surface area contributed by atoms with Gasteiger partial charge < -0.3 is 23.4 Å². The topological polar surface area (TPSA) is 135 Å². The molecule has 0 saturated heterocycles. The van der Waals surface area contributed by atoms with E-state index in [9.17, 15) is 35.9 Å². The Bertz CT molecular complexity index is 1620. The Labute approximate surface area is 277 Å². The van der Waals surface area contributed by atoms with E-state index in [2.05, 4.69) is 28.3 Å². The normalized spacial score (nSPS) is 13.9. The third-order valence-corrected chi connectivity index (χ3v) is 6.33. The summed E-state index contributed by atoms with van der Waals surface area (Å²) >= 11 is 0. The smallest absolute Gasteiger partial charge is 0.426 e. The molecule has 0 bridgehead atoms. The fraction of sp³-hybridized carbons (Fsp3) is 0.406. The summed E-state index contributed by atoms with van der Waals surface area (Å²) in [5.74, 6) is -4.10. The molecule has 1 aromatic carbocycles. The van der Waals surface area contributed by atoms with Crippen LogP contribution >= 0.6 is 0 Å². The molecule has 0 aliphatic rings. The van der Waals surface area contributed by atoms with Crippen molar-refractivity contribution in [1.29, 1.82) is 0 Å². The molecule has 0 aliphatic carbocycles. The van der Waals surface area contributed by atoms with Crippen LogP contribution in [0, 0.1) is 0 Å². The number of alkyl carbamates (subject to hydrolysis) is 1.